The third-order valence-corrected chi connectivity index (χ3v) is 3.67. The van der Waals surface area contributed by atoms with Gasteiger partial charge < -0.3 is 15.4 Å². The van der Waals surface area contributed by atoms with Crippen molar-refractivity contribution in [1.82, 2.24) is 0 Å². The van der Waals surface area contributed by atoms with E-state index < -0.39 is 4.92 Å². The molecule has 2 aromatic carbocycles. The molecule has 2 N–H and O–H groups in total. The molecule has 0 saturated heterocycles. The lowest BCUT2D eigenvalue weighted by Gasteiger charge is -2.35. The van der Waals surface area contributed by atoms with Crippen LogP contribution in [-0.4, -0.2) is 17.6 Å². The van der Waals surface area contributed by atoms with Crippen molar-refractivity contribution in [3.63, 3.8) is 0 Å². The Labute approximate surface area is 128 Å². The summed E-state index contributed by atoms with van der Waals surface area (Å²) < 4.78 is 5.82. The van der Waals surface area contributed by atoms with E-state index in [0.717, 1.165) is 23.5 Å². The van der Waals surface area contributed by atoms with Gasteiger partial charge in [-0.2, -0.15) is 0 Å². The summed E-state index contributed by atoms with van der Waals surface area (Å²) in [7, 11) is 0. The van der Waals surface area contributed by atoms with Gasteiger partial charge in [-0.25, -0.2) is 0 Å². The highest BCUT2D eigenvalue weighted by molar-refractivity contribution is 5.75. The number of anilines is 2. The summed E-state index contributed by atoms with van der Waals surface area (Å²) in [4.78, 5) is 12.5. The second-order valence-electron chi connectivity index (χ2n) is 5.43. The molecule has 22 heavy (non-hydrogen) atoms. The Hall–Kier alpha value is -2.76. The van der Waals surface area contributed by atoms with Gasteiger partial charge in [0, 0.05) is 18.7 Å². The topological polar surface area (TPSA) is 81.6 Å². The van der Waals surface area contributed by atoms with E-state index >= 15 is 0 Å². The zero-order valence-electron chi connectivity index (χ0n) is 12.2. The minimum atomic E-state index is -0.395. The van der Waals surface area contributed by atoms with E-state index in [9.17, 15) is 10.1 Å². The number of hydrogen-bond acceptors (Lipinski definition) is 5. The van der Waals surface area contributed by atoms with Crippen molar-refractivity contribution in [2.24, 2.45) is 0 Å². The average molecular weight is 299 g/mol. The zero-order chi connectivity index (χ0) is 15.7. The number of rotatable bonds is 3. The van der Waals surface area contributed by atoms with Crippen molar-refractivity contribution in [2.75, 3.05) is 17.2 Å². The number of fused-ring (bicyclic) bond motifs is 1. The first-order valence-electron chi connectivity index (χ1n) is 7.08. The molecule has 1 aliphatic rings. The van der Waals surface area contributed by atoms with Crippen molar-refractivity contribution < 1.29 is 9.66 Å². The van der Waals surface area contributed by atoms with Crippen LogP contribution in [0.3, 0.4) is 0 Å². The SMILES string of the molecule is CC1CN(Cc2ccc([N+](=O)[O-])cc2)c2c(N)cccc2O1. The Morgan fingerprint density at radius 3 is 2.73 bits per heavy atom. The fraction of sp³-hybridized carbons (Fsp3) is 0.250. The molecule has 1 aliphatic heterocycles. The van der Waals surface area contributed by atoms with Crippen LogP contribution in [0.25, 0.3) is 0 Å². The number of hydrogen-bond donors (Lipinski definition) is 1. The Bertz CT molecular complexity index is 700. The summed E-state index contributed by atoms with van der Waals surface area (Å²) in [5, 5.41) is 10.7. The second kappa shape index (κ2) is 5.55. The van der Waals surface area contributed by atoms with E-state index in [0.29, 0.717) is 12.2 Å². The summed E-state index contributed by atoms with van der Waals surface area (Å²) in [6, 6.07) is 12.2. The molecule has 1 unspecified atom stereocenters. The van der Waals surface area contributed by atoms with Gasteiger partial charge in [-0.3, -0.25) is 10.1 Å². The summed E-state index contributed by atoms with van der Waals surface area (Å²) in [5.41, 5.74) is 8.73. The first kappa shape index (κ1) is 14.2. The molecule has 0 spiro atoms. The van der Waals surface area contributed by atoms with Crippen LogP contribution in [0, 0.1) is 10.1 Å². The normalized spacial score (nSPS) is 16.8. The Kier molecular flexibility index (Phi) is 3.58. The molecule has 0 bridgehead atoms. The highest BCUT2D eigenvalue weighted by Gasteiger charge is 2.25. The maximum atomic E-state index is 10.7. The van der Waals surface area contributed by atoms with Gasteiger partial charge in [-0.05, 0) is 24.6 Å². The van der Waals surface area contributed by atoms with Crippen molar-refractivity contribution in [3.05, 3.63) is 58.1 Å². The van der Waals surface area contributed by atoms with Crippen molar-refractivity contribution in [2.45, 2.75) is 19.6 Å². The van der Waals surface area contributed by atoms with Gasteiger partial charge in [0.05, 0.1) is 17.2 Å². The van der Waals surface area contributed by atoms with Gasteiger partial charge in [0.2, 0.25) is 0 Å². The number of benzene rings is 2. The molecule has 1 atom stereocenters. The first-order valence-corrected chi connectivity index (χ1v) is 7.08. The largest absolute Gasteiger partial charge is 0.487 e. The Morgan fingerprint density at radius 1 is 1.32 bits per heavy atom. The molecule has 2 aromatic rings. The minimum Gasteiger partial charge on any atom is -0.487 e. The molecule has 6 nitrogen and oxygen atoms in total. The van der Waals surface area contributed by atoms with Crippen LogP contribution < -0.4 is 15.4 Å². The smallest absolute Gasteiger partial charge is 0.269 e. The third kappa shape index (κ3) is 2.67. The fourth-order valence-corrected chi connectivity index (χ4v) is 2.72. The maximum Gasteiger partial charge on any atom is 0.269 e. The predicted octanol–water partition coefficient (Wildman–Crippen LogP) is 2.96. The van der Waals surface area contributed by atoms with Crippen LogP contribution >= 0.6 is 0 Å². The van der Waals surface area contributed by atoms with Crippen molar-refractivity contribution >= 4 is 17.1 Å². The molecule has 0 amide bonds. The summed E-state index contributed by atoms with van der Waals surface area (Å²) >= 11 is 0. The lowest BCUT2D eigenvalue weighted by molar-refractivity contribution is -0.384. The summed E-state index contributed by atoms with van der Waals surface area (Å²) in [5.74, 6) is 0.778. The van der Waals surface area contributed by atoms with Gasteiger partial charge in [0.1, 0.15) is 17.5 Å². The van der Waals surface area contributed by atoms with Crippen LogP contribution in [0.5, 0.6) is 5.75 Å². The van der Waals surface area contributed by atoms with Gasteiger partial charge in [-0.15, -0.1) is 0 Å². The number of nitrogens with zero attached hydrogens (tertiary/aromatic N) is 2. The highest BCUT2D eigenvalue weighted by Crippen LogP contribution is 2.39. The van der Waals surface area contributed by atoms with Crippen LogP contribution in [0.15, 0.2) is 42.5 Å². The minimum absolute atomic E-state index is 0.0624. The fourth-order valence-electron chi connectivity index (χ4n) is 2.72. The number of nitrogen functional groups attached to an aromatic ring is 1. The number of para-hydroxylation sites is 1. The van der Waals surface area contributed by atoms with E-state index in [-0.39, 0.29) is 11.8 Å². The molecular weight excluding hydrogens is 282 g/mol. The standard InChI is InChI=1S/C16H17N3O3/c1-11-9-18(16-14(17)3-2-4-15(16)22-11)10-12-5-7-13(8-6-12)19(20)21/h2-8,11H,9-10,17H2,1H3. The highest BCUT2D eigenvalue weighted by atomic mass is 16.6. The number of nitrogens with two attached hydrogens (primary N) is 1. The Balaban J connectivity index is 1.88. The molecule has 6 heteroatoms. The lowest BCUT2D eigenvalue weighted by Crippen LogP contribution is -2.38. The Morgan fingerprint density at radius 2 is 2.05 bits per heavy atom. The van der Waals surface area contributed by atoms with Gasteiger partial charge in [0.25, 0.3) is 5.69 Å². The third-order valence-electron chi connectivity index (χ3n) is 3.67. The van der Waals surface area contributed by atoms with Crippen LogP contribution in [0.2, 0.25) is 0 Å². The van der Waals surface area contributed by atoms with Crippen LogP contribution in [-0.2, 0) is 6.54 Å². The number of nitro benzene ring substituents is 1. The molecule has 0 aliphatic carbocycles. The molecule has 0 radical (unpaired) electrons. The van der Waals surface area contributed by atoms with Gasteiger partial charge in [-0.1, -0.05) is 18.2 Å². The van der Waals surface area contributed by atoms with Crippen molar-refractivity contribution in [1.29, 1.82) is 0 Å². The number of nitro groups is 1. The van der Waals surface area contributed by atoms with E-state index in [1.807, 2.05) is 25.1 Å². The van der Waals surface area contributed by atoms with Crippen LogP contribution in [0.4, 0.5) is 17.1 Å². The average Bonchev–Trinajstić information content (AvgIpc) is 2.47. The second-order valence-corrected chi connectivity index (χ2v) is 5.43. The van der Waals surface area contributed by atoms with E-state index in [2.05, 4.69) is 4.90 Å². The van der Waals surface area contributed by atoms with Gasteiger partial charge in [0.15, 0.2) is 0 Å². The van der Waals surface area contributed by atoms with Crippen molar-refractivity contribution in [3.8, 4) is 5.75 Å². The number of non-ortho nitro benzene ring substituents is 1. The molecule has 114 valence electrons. The molecular formula is C16H17N3O3. The van der Waals surface area contributed by atoms with Crippen LogP contribution in [0.1, 0.15) is 12.5 Å². The molecule has 1 heterocycles. The molecule has 3 rings (SSSR count). The van der Waals surface area contributed by atoms with E-state index in [1.165, 1.54) is 12.1 Å². The maximum absolute atomic E-state index is 10.7. The van der Waals surface area contributed by atoms with E-state index in [1.54, 1.807) is 12.1 Å². The molecule has 0 aromatic heterocycles. The first-order chi connectivity index (χ1) is 10.5. The zero-order valence-corrected chi connectivity index (χ0v) is 12.2. The molecule has 0 saturated carbocycles. The lowest BCUT2D eigenvalue weighted by atomic mass is 10.1. The van der Waals surface area contributed by atoms with Gasteiger partial charge >= 0.3 is 0 Å². The predicted molar refractivity (Wildman–Crippen MR) is 85.1 cm³/mol. The van der Waals surface area contributed by atoms with E-state index in [4.69, 9.17) is 10.5 Å². The molecule has 0 fully saturated rings. The monoisotopic (exact) mass is 299 g/mol. The summed E-state index contributed by atoms with van der Waals surface area (Å²) in [6.07, 6.45) is 0.0624. The quantitative estimate of drug-likeness (QED) is 0.535. The summed E-state index contributed by atoms with van der Waals surface area (Å²) in [6.45, 7) is 3.36. The number of ether oxygens (including phenoxy) is 1.